The van der Waals surface area contributed by atoms with Crippen molar-refractivity contribution in [2.75, 3.05) is 24.5 Å². The molecule has 1 aromatic heterocycles. The van der Waals surface area contributed by atoms with Gasteiger partial charge in [0.2, 0.25) is 0 Å². The first-order valence-corrected chi connectivity index (χ1v) is 8.86. The van der Waals surface area contributed by atoms with E-state index in [-0.39, 0.29) is 5.91 Å². The van der Waals surface area contributed by atoms with Crippen molar-refractivity contribution in [1.82, 2.24) is 15.3 Å². The standard InChI is InChI=1S/C18H26N4O/c23-18(19-10-9-15-7-3-1-4-8-15)16-13-17(21-14-20-16)22-11-5-2-6-12-22/h7,13-14H,1-6,8-12H2,(H,19,23). The van der Waals surface area contributed by atoms with Gasteiger partial charge in [0.05, 0.1) is 0 Å². The van der Waals surface area contributed by atoms with Crippen LogP contribution in [0.25, 0.3) is 0 Å². The maximum absolute atomic E-state index is 12.3. The summed E-state index contributed by atoms with van der Waals surface area (Å²) in [4.78, 5) is 23.0. The third-order valence-corrected chi connectivity index (χ3v) is 4.68. The molecule has 5 nitrogen and oxygen atoms in total. The zero-order valence-electron chi connectivity index (χ0n) is 13.8. The normalized spacial score (nSPS) is 18.4. The number of nitrogens with one attached hydrogen (secondary N) is 1. The van der Waals surface area contributed by atoms with Crippen molar-refractivity contribution < 1.29 is 4.79 Å². The fourth-order valence-corrected chi connectivity index (χ4v) is 3.33. The Balaban J connectivity index is 1.53. The molecule has 0 bridgehead atoms. The predicted octanol–water partition coefficient (Wildman–Crippen LogP) is 3.09. The lowest BCUT2D eigenvalue weighted by atomic mass is 9.97. The molecule has 124 valence electrons. The lowest BCUT2D eigenvalue weighted by Gasteiger charge is -2.27. The third kappa shape index (κ3) is 4.53. The molecule has 0 unspecified atom stereocenters. The predicted molar refractivity (Wildman–Crippen MR) is 91.6 cm³/mol. The number of carbonyl (C=O) groups is 1. The molecule has 3 rings (SSSR count). The summed E-state index contributed by atoms with van der Waals surface area (Å²) < 4.78 is 0. The molecular formula is C18H26N4O. The van der Waals surface area contributed by atoms with Gasteiger partial charge in [-0.25, -0.2) is 9.97 Å². The van der Waals surface area contributed by atoms with Crippen molar-refractivity contribution in [3.05, 3.63) is 29.7 Å². The largest absolute Gasteiger partial charge is 0.357 e. The van der Waals surface area contributed by atoms with Gasteiger partial charge in [0.1, 0.15) is 17.8 Å². The van der Waals surface area contributed by atoms with Gasteiger partial charge in [-0.3, -0.25) is 4.79 Å². The molecule has 0 spiro atoms. The molecule has 5 heteroatoms. The second kappa shape index (κ2) is 8.09. The van der Waals surface area contributed by atoms with Gasteiger partial charge in [-0.05, 0) is 51.4 Å². The van der Waals surface area contributed by atoms with Crippen LogP contribution in [0.1, 0.15) is 61.9 Å². The van der Waals surface area contributed by atoms with Crippen molar-refractivity contribution in [2.45, 2.75) is 51.4 Å². The van der Waals surface area contributed by atoms with E-state index in [1.807, 2.05) is 6.07 Å². The summed E-state index contributed by atoms with van der Waals surface area (Å²) in [6, 6.07) is 1.82. The molecule has 1 aliphatic carbocycles. The van der Waals surface area contributed by atoms with Crippen molar-refractivity contribution in [3.8, 4) is 0 Å². The molecule has 2 aliphatic rings. The molecule has 1 amide bonds. The summed E-state index contributed by atoms with van der Waals surface area (Å²) >= 11 is 0. The van der Waals surface area contributed by atoms with Crippen LogP contribution in [-0.4, -0.2) is 35.5 Å². The van der Waals surface area contributed by atoms with Crippen LogP contribution in [0.3, 0.4) is 0 Å². The maximum atomic E-state index is 12.3. The van der Waals surface area contributed by atoms with Crippen molar-refractivity contribution in [3.63, 3.8) is 0 Å². The Morgan fingerprint density at radius 1 is 1.13 bits per heavy atom. The van der Waals surface area contributed by atoms with Gasteiger partial charge in [-0.1, -0.05) is 11.6 Å². The monoisotopic (exact) mass is 314 g/mol. The second-order valence-corrected chi connectivity index (χ2v) is 6.42. The van der Waals surface area contributed by atoms with Crippen molar-refractivity contribution in [2.24, 2.45) is 0 Å². The van der Waals surface area contributed by atoms with E-state index >= 15 is 0 Å². The molecular weight excluding hydrogens is 288 g/mol. The molecule has 1 N–H and O–H groups in total. The van der Waals surface area contributed by atoms with Crippen LogP contribution in [0, 0.1) is 0 Å². The highest BCUT2D eigenvalue weighted by Crippen LogP contribution is 2.20. The molecule has 1 aliphatic heterocycles. The summed E-state index contributed by atoms with van der Waals surface area (Å²) in [7, 11) is 0. The Bertz CT molecular complexity index is 564. The second-order valence-electron chi connectivity index (χ2n) is 6.42. The lowest BCUT2D eigenvalue weighted by molar-refractivity contribution is 0.0949. The number of anilines is 1. The van der Waals surface area contributed by atoms with Crippen LogP contribution in [-0.2, 0) is 0 Å². The number of amides is 1. The minimum Gasteiger partial charge on any atom is -0.357 e. The molecule has 0 radical (unpaired) electrons. The van der Waals surface area contributed by atoms with E-state index in [0.717, 1.165) is 25.3 Å². The topological polar surface area (TPSA) is 58.1 Å². The maximum Gasteiger partial charge on any atom is 0.270 e. The van der Waals surface area contributed by atoms with Gasteiger partial charge >= 0.3 is 0 Å². The van der Waals surface area contributed by atoms with Crippen LogP contribution in [0.15, 0.2) is 24.0 Å². The molecule has 0 saturated carbocycles. The van der Waals surface area contributed by atoms with Gasteiger partial charge in [0.25, 0.3) is 5.91 Å². The van der Waals surface area contributed by atoms with Crippen molar-refractivity contribution >= 4 is 11.7 Å². The fourth-order valence-electron chi connectivity index (χ4n) is 3.33. The summed E-state index contributed by atoms with van der Waals surface area (Å²) in [6.45, 7) is 2.73. The number of piperidine rings is 1. The highest BCUT2D eigenvalue weighted by molar-refractivity contribution is 5.92. The lowest BCUT2D eigenvalue weighted by Crippen LogP contribution is -2.31. The zero-order chi connectivity index (χ0) is 15.9. The smallest absolute Gasteiger partial charge is 0.270 e. The third-order valence-electron chi connectivity index (χ3n) is 4.68. The SMILES string of the molecule is O=C(NCCC1=CCCCC1)c1cc(N2CCCCC2)ncn1. The van der Waals surface area contributed by atoms with E-state index in [1.54, 1.807) is 0 Å². The summed E-state index contributed by atoms with van der Waals surface area (Å²) in [5.41, 5.74) is 1.95. The average molecular weight is 314 g/mol. The van der Waals surface area contributed by atoms with Crippen LogP contribution in [0.5, 0.6) is 0 Å². The summed E-state index contributed by atoms with van der Waals surface area (Å²) in [6.07, 6.45) is 13.4. The number of aromatic nitrogens is 2. The Labute approximate surface area is 138 Å². The Morgan fingerprint density at radius 3 is 2.78 bits per heavy atom. The number of hydrogen-bond donors (Lipinski definition) is 1. The van der Waals surface area contributed by atoms with Gasteiger partial charge < -0.3 is 10.2 Å². The number of nitrogens with zero attached hydrogens (tertiary/aromatic N) is 3. The molecule has 1 aromatic rings. The average Bonchev–Trinajstić information content (AvgIpc) is 2.63. The Kier molecular flexibility index (Phi) is 5.61. The first-order valence-electron chi connectivity index (χ1n) is 8.86. The van der Waals surface area contributed by atoms with Crippen molar-refractivity contribution in [1.29, 1.82) is 0 Å². The number of rotatable bonds is 5. The Morgan fingerprint density at radius 2 is 2.00 bits per heavy atom. The quantitative estimate of drug-likeness (QED) is 0.849. The minimum atomic E-state index is -0.0953. The van der Waals surface area contributed by atoms with E-state index in [4.69, 9.17) is 0 Å². The van der Waals surface area contributed by atoms with Crippen LogP contribution in [0.2, 0.25) is 0 Å². The van der Waals surface area contributed by atoms with Gasteiger partial charge in [0, 0.05) is 25.7 Å². The van der Waals surface area contributed by atoms with Crippen LogP contribution < -0.4 is 10.2 Å². The minimum absolute atomic E-state index is 0.0953. The highest BCUT2D eigenvalue weighted by atomic mass is 16.1. The van der Waals surface area contributed by atoms with E-state index < -0.39 is 0 Å². The molecule has 0 atom stereocenters. The van der Waals surface area contributed by atoms with Gasteiger partial charge in [-0.2, -0.15) is 0 Å². The molecule has 1 fully saturated rings. The number of allylic oxidation sites excluding steroid dienone is 1. The molecule has 0 aromatic carbocycles. The fraction of sp³-hybridized carbons (Fsp3) is 0.611. The van der Waals surface area contributed by atoms with E-state index in [0.29, 0.717) is 12.2 Å². The molecule has 23 heavy (non-hydrogen) atoms. The Hall–Kier alpha value is -1.91. The number of hydrogen-bond acceptors (Lipinski definition) is 4. The van der Waals surface area contributed by atoms with E-state index in [1.165, 1.54) is 56.8 Å². The number of carbonyl (C=O) groups excluding carboxylic acids is 1. The van der Waals surface area contributed by atoms with E-state index in [2.05, 4.69) is 26.3 Å². The van der Waals surface area contributed by atoms with Gasteiger partial charge in [0.15, 0.2) is 0 Å². The first-order chi connectivity index (χ1) is 11.3. The van der Waals surface area contributed by atoms with Crippen LogP contribution in [0.4, 0.5) is 5.82 Å². The van der Waals surface area contributed by atoms with E-state index in [9.17, 15) is 4.79 Å². The molecule has 1 saturated heterocycles. The summed E-state index contributed by atoms with van der Waals surface area (Å²) in [5, 5.41) is 2.99. The van der Waals surface area contributed by atoms with Gasteiger partial charge in [-0.15, -0.1) is 0 Å². The van der Waals surface area contributed by atoms with Crippen LogP contribution >= 0.6 is 0 Å². The zero-order valence-corrected chi connectivity index (χ0v) is 13.8. The summed E-state index contributed by atoms with van der Waals surface area (Å²) in [5.74, 6) is 0.780. The first kappa shape index (κ1) is 16.0. The highest BCUT2D eigenvalue weighted by Gasteiger charge is 2.15. The molecule has 2 heterocycles.